The minimum atomic E-state index is -3.76. The van der Waals surface area contributed by atoms with Gasteiger partial charge in [0, 0.05) is 24.9 Å². The van der Waals surface area contributed by atoms with Gasteiger partial charge in [-0.15, -0.1) is 0 Å². The van der Waals surface area contributed by atoms with E-state index in [0.29, 0.717) is 18.1 Å². The molecule has 4 rings (SSSR count). The molecule has 17 heteroatoms. The van der Waals surface area contributed by atoms with Gasteiger partial charge in [0.05, 0.1) is 23.5 Å². The fourth-order valence-electron chi connectivity index (χ4n) is 2.40. The lowest BCUT2D eigenvalue weighted by molar-refractivity contribution is 0.111. The minimum Gasteiger partial charge on any atom is -0.298 e. The molecule has 0 aliphatic carbocycles. The van der Waals surface area contributed by atoms with Crippen LogP contribution in [0, 0.1) is 11.6 Å². The molecule has 37 heavy (non-hydrogen) atoms. The van der Waals surface area contributed by atoms with Crippen molar-refractivity contribution in [1.82, 2.24) is 29.9 Å². The number of H-pyrrole nitrogens is 1. The minimum absolute atomic E-state index is 0.0706. The Labute approximate surface area is 214 Å². The molecule has 196 valence electrons. The second-order valence-corrected chi connectivity index (χ2v) is 11.1. The van der Waals surface area contributed by atoms with Crippen molar-refractivity contribution in [3.63, 3.8) is 0 Å². The Balaban J connectivity index is 0.000000214. The lowest BCUT2D eigenvalue weighted by Gasteiger charge is -2.01. The molecule has 0 unspecified atom stereocenters. The van der Waals surface area contributed by atoms with Gasteiger partial charge in [-0.25, -0.2) is 40.3 Å². The highest BCUT2D eigenvalue weighted by Gasteiger charge is 2.20. The van der Waals surface area contributed by atoms with Crippen LogP contribution in [0.4, 0.5) is 8.78 Å². The topological polar surface area (TPSA) is 175 Å². The Morgan fingerprint density at radius 1 is 0.919 bits per heavy atom. The number of nitrogens with one attached hydrogen (secondary N) is 1. The van der Waals surface area contributed by atoms with Gasteiger partial charge in [0.1, 0.15) is 5.15 Å². The number of hydrogen-bond acceptors (Lipinski definition) is 10. The number of carbonyl (C=O) groups excluding carboxylic acids is 2. The number of carbonyl (C=O) groups is 2. The molecule has 0 amide bonds. The molecule has 0 aromatic carbocycles. The number of aromatic amines is 1. The van der Waals surface area contributed by atoms with Crippen LogP contribution in [0.3, 0.4) is 0 Å². The summed E-state index contributed by atoms with van der Waals surface area (Å²) in [6, 6.07) is 6.28. The molecule has 0 saturated heterocycles. The zero-order valence-corrected chi connectivity index (χ0v) is 21.3. The number of nitrogens with zero attached hydrogens (tertiary/aromatic N) is 5. The molecule has 12 nitrogen and oxygen atoms in total. The standard InChI is InChI=1S/C10H8FN3O3S.C6H4ClNO.C4H5FN2O2S/c1-18(16,17)10-8(11)5-14(13-10)9-7(6-15)3-2-4-12-9;7-6-5(4-9)2-1-3-8-6;1-10(8,9)4-3(5)2-6-7-4/h2-6H,1H3;1-4H;2H,1H3,(H,6,7). The third-order valence-electron chi connectivity index (χ3n) is 4.00. The molecule has 0 spiro atoms. The summed E-state index contributed by atoms with van der Waals surface area (Å²) in [5, 5.41) is 7.95. The fraction of sp³-hybridized carbons (Fsp3) is 0.100. The van der Waals surface area contributed by atoms with Gasteiger partial charge in [0.15, 0.2) is 54.7 Å². The maximum atomic E-state index is 13.4. The number of sulfone groups is 2. The van der Waals surface area contributed by atoms with E-state index in [2.05, 4.69) is 20.2 Å². The first-order valence-corrected chi connectivity index (χ1v) is 13.8. The van der Waals surface area contributed by atoms with E-state index in [1.165, 1.54) is 24.5 Å². The third kappa shape index (κ3) is 8.06. The first kappa shape index (κ1) is 29.3. The number of halogens is 3. The van der Waals surface area contributed by atoms with E-state index in [-0.39, 0.29) is 16.5 Å². The summed E-state index contributed by atoms with van der Waals surface area (Å²) in [6.45, 7) is 0. The van der Waals surface area contributed by atoms with E-state index in [1.807, 2.05) is 5.10 Å². The summed E-state index contributed by atoms with van der Waals surface area (Å²) in [6.07, 6.45) is 7.57. The van der Waals surface area contributed by atoms with Crippen molar-refractivity contribution < 1.29 is 35.2 Å². The van der Waals surface area contributed by atoms with Gasteiger partial charge in [-0.3, -0.25) is 14.7 Å². The SMILES string of the molecule is CS(=O)(=O)c1[nH]ncc1F.CS(=O)(=O)c1nn(-c2ncccc2C=O)cc1F.O=Cc1cccnc1Cl. The Hall–Kier alpha value is -3.89. The number of aromatic nitrogens is 6. The largest absolute Gasteiger partial charge is 0.298 e. The van der Waals surface area contributed by atoms with Crippen molar-refractivity contribution in [2.75, 3.05) is 12.5 Å². The van der Waals surface area contributed by atoms with Crippen molar-refractivity contribution in [2.24, 2.45) is 0 Å². The van der Waals surface area contributed by atoms with E-state index in [4.69, 9.17) is 11.6 Å². The molecule has 0 aliphatic heterocycles. The van der Waals surface area contributed by atoms with Crippen LogP contribution in [0.25, 0.3) is 5.82 Å². The van der Waals surface area contributed by atoms with Crippen LogP contribution in [0.5, 0.6) is 0 Å². The van der Waals surface area contributed by atoms with Crippen LogP contribution in [0.2, 0.25) is 5.15 Å². The van der Waals surface area contributed by atoms with Crippen molar-refractivity contribution in [2.45, 2.75) is 10.1 Å². The van der Waals surface area contributed by atoms with E-state index in [0.717, 1.165) is 29.6 Å². The molecule has 4 aromatic rings. The number of pyridine rings is 2. The summed E-state index contributed by atoms with van der Waals surface area (Å²) < 4.78 is 70.4. The molecule has 1 N–H and O–H groups in total. The van der Waals surface area contributed by atoms with Gasteiger partial charge >= 0.3 is 0 Å². The predicted molar refractivity (Wildman–Crippen MR) is 126 cm³/mol. The van der Waals surface area contributed by atoms with Crippen molar-refractivity contribution >= 4 is 43.8 Å². The summed E-state index contributed by atoms with van der Waals surface area (Å²) in [5.74, 6) is -1.76. The molecular weight excluding hydrogens is 558 g/mol. The summed E-state index contributed by atoms with van der Waals surface area (Å²) in [5.41, 5.74) is 0.610. The van der Waals surface area contributed by atoms with Gasteiger partial charge in [-0.1, -0.05) is 11.6 Å². The molecule has 4 aromatic heterocycles. The Kier molecular flexibility index (Phi) is 9.81. The van der Waals surface area contributed by atoms with E-state index in [9.17, 15) is 35.2 Å². The lowest BCUT2D eigenvalue weighted by Crippen LogP contribution is -2.05. The monoisotopic (exact) mass is 574 g/mol. The highest BCUT2D eigenvalue weighted by Crippen LogP contribution is 2.16. The number of rotatable bonds is 5. The van der Waals surface area contributed by atoms with Gasteiger partial charge in [-0.05, 0) is 24.3 Å². The molecule has 0 radical (unpaired) electrons. The highest BCUT2D eigenvalue weighted by atomic mass is 35.5. The maximum absolute atomic E-state index is 13.4. The van der Waals surface area contributed by atoms with E-state index < -0.39 is 41.4 Å². The Bertz CT molecular complexity index is 1620. The van der Waals surface area contributed by atoms with Gasteiger partial charge in [-0.2, -0.15) is 10.2 Å². The summed E-state index contributed by atoms with van der Waals surface area (Å²) in [4.78, 5) is 28.4. The first-order chi connectivity index (χ1) is 17.3. The summed E-state index contributed by atoms with van der Waals surface area (Å²) in [7, 11) is -7.25. The zero-order valence-electron chi connectivity index (χ0n) is 18.9. The van der Waals surface area contributed by atoms with Crippen LogP contribution >= 0.6 is 11.6 Å². The van der Waals surface area contributed by atoms with Gasteiger partial charge < -0.3 is 0 Å². The van der Waals surface area contributed by atoms with Crippen LogP contribution in [0.15, 0.2) is 59.1 Å². The van der Waals surface area contributed by atoms with Crippen molar-refractivity contribution in [3.05, 3.63) is 77.0 Å². The molecule has 0 aliphatic rings. The van der Waals surface area contributed by atoms with Crippen molar-refractivity contribution in [3.8, 4) is 5.82 Å². The third-order valence-corrected chi connectivity index (χ3v) is 6.32. The molecular formula is C20H17ClF2N6O6S2. The highest BCUT2D eigenvalue weighted by molar-refractivity contribution is 7.90. The second kappa shape index (κ2) is 12.4. The molecule has 0 fully saturated rings. The average Bonchev–Trinajstić information content (AvgIpc) is 3.45. The molecule has 0 bridgehead atoms. The van der Waals surface area contributed by atoms with E-state index >= 15 is 0 Å². The Morgan fingerprint density at radius 2 is 1.51 bits per heavy atom. The molecule has 4 heterocycles. The van der Waals surface area contributed by atoms with Crippen molar-refractivity contribution in [1.29, 1.82) is 0 Å². The maximum Gasteiger partial charge on any atom is 0.212 e. The normalized spacial score (nSPS) is 10.9. The van der Waals surface area contributed by atoms with Gasteiger partial charge in [0.25, 0.3) is 0 Å². The lowest BCUT2D eigenvalue weighted by atomic mass is 10.3. The first-order valence-electron chi connectivity index (χ1n) is 9.60. The number of aldehydes is 2. The Morgan fingerprint density at radius 3 is 1.92 bits per heavy atom. The second-order valence-electron chi connectivity index (χ2n) is 6.85. The van der Waals surface area contributed by atoms with Gasteiger partial charge in [0.2, 0.25) is 5.03 Å². The quantitative estimate of drug-likeness (QED) is 0.274. The smallest absolute Gasteiger partial charge is 0.212 e. The predicted octanol–water partition coefficient (Wildman–Crippen LogP) is 2.12. The number of hydrogen-bond donors (Lipinski definition) is 1. The molecule has 0 saturated carbocycles. The fourth-order valence-corrected chi connectivity index (χ4v) is 3.83. The van der Waals surface area contributed by atoms with E-state index in [1.54, 1.807) is 12.1 Å². The van der Waals surface area contributed by atoms with Crippen LogP contribution in [-0.2, 0) is 19.7 Å². The summed E-state index contributed by atoms with van der Waals surface area (Å²) >= 11 is 5.48. The average molecular weight is 575 g/mol. The molecule has 0 atom stereocenters. The van der Waals surface area contributed by atoms with Crippen LogP contribution < -0.4 is 0 Å². The van der Waals surface area contributed by atoms with Crippen LogP contribution in [-0.4, -0.2) is 71.9 Å². The zero-order chi connectivity index (χ0) is 27.8. The van der Waals surface area contributed by atoms with Crippen LogP contribution in [0.1, 0.15) is 20.7 Å².